The summed E-state index contributed by atoms with van der Waals surface area (Å²) in [5, 5.41) is 15.7. The summed E-state index contributed by atoms with van der Waals surface area (Å²) in [7, 11) is 0. The minimum Gasteiger partial charge on any atom is -0.491 e. The number of nitrogens with one attached hydrogen (secondary N) is 2. The molecular formula is C38H35N3O6. The smallest absolute Gasteiger partial charge is 0.324 e. The van der Waals surface area contributed by atoms with Crippen LogP contribution in [0.2, 0.25) is 0 Å². The molecule has 0 radical (unpaired) electrons. The van der Waals surface area contributed by atoms with E-state index in [2.05, 4.69) is 17.2 Å². The Morgan fingerprint density at radius 3 is 2.30 bits per heavy atom. The van der Waals surface area contributed by atoms with Crippen molar-refractivity contribution in [2.24, 2.45) is 5.92 Å². The average molecular weight is 630 g/mol. The molecule has 0 saturated carbocycles. The SMILES string of the molecule is C=CCNC(=O)[C@H]1[C@@H]2C(=O)O[C@@H](c3ccccc3)[C@@H](c3ccccc3)N2[C@@H](c2ccccc2OCCO)[C@]12C(=O)Nc1ccccc12. The van der Waals surface area contributed by atoms with Gasteiger partial charge in [0.1, 0.15) is 29.9 Å². The third-order valence-electron chi connectivity index (χ3n) is 9.48. The molecule has 4 aromatic rings. The van der Waals surface area contributed by atoms with Crippen molar-refractivity contribution in [1.82, 2.24) is 10.2 Å². The highest BCUT2D eigenvalue weighted by atomic mass is 16.6. The Hall–Kier alpha value is -5.25. The summed E-state index contributed by atoms with van der Waals surface area (Å²) in [6.07, 6.45) is 0.800. The number of para-hydroxylation sites is 2. The average Bonchev–Trinajstić information content (AvgIpc) is 3.59. The Bertz CT molecular complexity index is 1810. The molecule has 2 amide bonds. The van der Waals surface area contributed by atoms with E-state index in [-0.39, 0.29) is 19.8 Å². The van der Waals surface area contributed by atoms with Gasteiger partial charge < -0.3 is 25.2 Å². The summed E-state index contributed by atoms with van der Waals surface area (Å²) in [5.41, 5.74) is 1.84. The van der Waals surface area contributed by atoms with Crippen LogP contribution < -0.4 is 15.4 Å². The van der Waals surface area contributed by atoms with Gasteiger partial charge in [0.15, 0.2) is 0 Å². The number of anilines is 1. The van der Waals surface area contributed by atoms with E-state index in [1.165, 1.54) is 0 Å². The van der Waals surface area contributed by atoms with Gasteiger partial charge in [0.05, 0.1) is 24.6 Å². The van der Waals surface area contributed by atoms with Gasteiger partial charge in [0.25, 0.3) is 0 Å². The number of fused-ring (bicyclic) bond motifs is 3. The van der Waals surface area contributed by atoms with Gasteiger partial charge in [-0.05, 0) is 28.8 Å². The monoisotopic (exact) mass is 629 g/mol. The number of hydrogen-bond acceptors (Lipinski definition) is 7. The maximum absolute atomic E-state index is 14.8. The molecule has 3 N–H and O–H groups in total. The molecule has 9 heteroatoms. The second-order valence-electron chi connectivity index (χ2n) is 11.9. The molecule has 1 spiro atoms. The number of cyclic esters (lactones) is 1. The van der Waals surface area contributed by atoms with Crippen LogP contribution in [0.25, 0.3) is 0 Å². The third kappa shape index (κ3) is 4.81. The van der Waals surface area contributed by atoms with E-state index in [0.717, 1.165) is 11.1 Å². The van der Waals surface area contributed by atoms with Gasteiger partial charge in [0.2, 0.25) is 11.8 Å². The number of rotatable bonds is 9. The number of carbonyl (C=O) groups excluding carboxylic acids is 3. The first kappa shape index (κ1) is 30.4. The number of amides is 2. The van der Waals surface area contributed by atoms with Crippen molar-refractivity contribution in [1.29, 1.82) is 0 Å². The Morgan fingerprint density at radius 2 is 1.57 bits per heavy atom. The lowest BCUT2D eigenvalue weighted by Crippen LogP contribution is -2.54. The third-order valence-corrected chi connectivity index (χ3v) is 9.48. The first-order valence-corrected chi connectivity index (χ1v) is 15.7. The normalized spacial score (nSPS) is 26.2. The second-order valence-corrected chi connectivity index (χ2v) is 11.9. The Balaban J connectivity index is 1.57. The van der Waals surface area contributed by atoms with Crippen LogP contribution in [-0.4, -0.2) is 53.6 Å². The molecule has 0 bridgehead atoms. The standard InChI is InChI=1S/C38H35N3O6/c1-2-21-39-35(43)30-32-36(44)47-33(25-15-7-4-8-16-25)31(24-13-5-3-6-14-24)41(32)34(26-17-9-12-20-29(26)46-23-22-42)38(30)27-18-10-11-19-28(27)40-37(38)45/h2-20,30-34,42H,1,21-23H2,(H,39,43)(H,40,45)/t30-,31-,32-,33+,34+,38-/m1/s1. The zero-order valence-electron chi connectivity index (χ0n) is 25.6. The summed E-state index contributed by atoms with van der Waals surface area (Å²) in [6.45, 7) is 3.70. The van der Waals surface area contributed by atoms with Crippen molar-refractivity contribution in [3.63, 3.8) is 0 Å². The minimum atomic E-state index is -1.58. The molecule has 9 nitrogen and oxygen atoms in total. The largest absolute Gasteiger partial charge is 0.491 e. The zero-order chi connectivity index (χ0) is 32.5. The van der Waals surface area contributed by atoms with Crippen molar-refractivity contribution in [3.8, 4) is 5.75 Å². The molecule has 3 aliphatic heterocycles. The lowest BCUT2D eigenvalue weighted by Gasteiger charge is -2.46. The van der Waals surface area contributed by atoms with Gasteiger partial charge in [-0.1, -0.05) is 103 Å². The number of ether oxygens (including phenoxy) is 2. The van der Waals surface area contributed by atoms with E-state index in [9.17, 15) is 19.5 Å². The first-order chi connectivity index (χ1) is 23.0. The van der Waals surface area contributed by atoms with Crippen LogP contribution in [0.4, 0.5) is 5.69 Å². The van der Waals surface area contributed by atoms with Crippen LogP contribution in [0, 0.1) is 5.92 Å². The molecule has 3 heterocycles. The highest BCUT2D eigenvalue weighted by molar-refractivity contribution is 6.12. The van der Waals surface area contributed by atoms with E-state index in [1.54, 1.807) is 12.1 Å². The summed E-state index contributed by atoms with van der Waals surface area (Å²) in [4.78, 5) is 45.9. The van der Waals surface area contributed by atoms with Crippen LogP contribution in [0.5, 0.6) is 5.75 Å². The summed E-state index contributed by atoms with van der Waals surface area (Å²) < 4.78 is 12.5. The fourth-order valence-corrected chi connectivity index (χ4v) is 7.80. The lowest BCUT2D eigenvalue weighted by atomic mass is 9.65. The van der Waals surface area contributed by atoms with Gasteiger partial charge >= 0.3 is 5.97 Å². The predicted molar refractivity (Wildman–Crippen MR) is 175 cm³/mol. The number of carbonyl (C=O) groups is 3. The highest BCUT2D eigenvalue weighted by Crippen LogP contribution is 2.65. The summed E-state index contributed by atoms with van der Waals surface area (Å²) >= 11 is 0. The van der Waals surface area contributed by atoms with Gasteiger partial charge in [0, 0.05) is 17.8 Å². The van der Waals surface area contributed by atoms with Gasteiger partial charge in [-0.2, -0.15) is 0 Å². The molecule has 7 rings (SSSR count). The van der Waals surface area contributed by atoms with Crippen molar-refractivity contribution in [2.75, 3.05) is 25.1 Å². The Kier molecular flexibility index (Phi) is 8.09. The molecule has 2 saturated heterocycles. The van der Waals surface area contributed by atoms with Gasteiger partial charge in [-0.25, -0.2) is 0 Å². The highest BCUT2D eigenvalue weighted by Gasteiger charge is 2.74. The number of aliphatic hydroxyl groups is 1. The number of benzene rings is 4. The van der Waals surface area contributed by atoms with Crippen LogP contribution >= 0.6 is 0 Å². The second kappa shape index (κ2) is 12.5. The van der Waals surface area contributed by atoms with E-state index in [1.807, 2.05) is 108 Å². The van der Waals surface area contributed by atoms with E-state index >= 15 is 0 Å². The predicted octanol–water partition coefficient (Wildman–Crippen LogP) is 4.63. The maximum atomic E-state index is 14.8. The molecular weight excluding hydrogens is 594 g/mol. The van der Waals surface area contributed by atoms with Crippen LogP contribution in [0.1, 0.15) is 40.4 Å². The molecule has 47 heavy (non-hydrogen) atoms. The molecule has 3 aliphatic rings. The Morgan fingerprint density at radius 1 is 0.915 bits per heavy atom. The maximum Gasteiger partial charge on any atom is 0.324 e. The van der Waals surface area contributed by atoms with Gasteiger partial charge in [-0.15, -0.1) is 6.58 Å². The topological polar surface area (TPSA) is 117 Å². The van der Waals surface area contributed by atoms with E-state index < -0.39 is 53.3 Å². The van der Waals surface area contributed by atoms with Crippen LogP contribution in [0.15, 0.2) is 122 Å². The van der Waals surface area contributed by atoms with Crippen molar-refractivity contribution >= 4 is 23.5 Å². The lowest BCUT2D eigenvalue weighted by molar-refractivity contribution is -0.178. The molecule has 238 valence electrons. The molecule has 0 aromatic heterocycles. The fraction of sp³-hybridized carbons (Fsp3) is 0.237. The summed E-state index contributed by atoms with van der Waals surface area (Å²) in [6, 6.07) is 31.2. The van der Waals surface area contributed by atoms with Crippen molar-refractivity contribution in [3.05, 3.63) is 144 Å². The molecule has 6 atom stereocenters. The molecule has 2 fully saturated rings. The summed E-state index contributed by atoms with van der Waals surface area (Å²) in [5.74, 6) is -2.22. The van der Waals surface area contributed by atoms with Gasteiger partial charge in [-0.3, -0.25) is 19.3 Å². The quantitative estimate of drug-likeness (QED) is 0.183. The zero-order valence-corrected chi connectivity index (χ0v) is 25.6. The number of aliphatic hydroxyl groups excluding tert-OH is 1. The van der Waals surface area contributed by atoms with Crippen molar-refractivity contribution < 1.29 is 29.0 Å². The number of hydrogen-bond donors (Lipinski definition) is 3. The first-order valence-electron chi connectivity index (χ1n) is 15.7. The molecule has 0 aliphatic carbocycles. The minimum absolute atomic E-state index is 0.0169. The fourth-order valence-electron chi connectivity index (χ4n) is 7.80. The van der Waals surface area contributed by atoms with E-state index in [4.69, 9.17) is 9.47 Å². The number of morpholine rings is 1. The molecule has 4 aromatic carbocycles. The Labute approximate surface area is 272 Å². The van der Waals surface area contributed by atoms with Crippen LogP contribution in [-0.2, 0) is 24.5 Å². The van der Waals surface area contributed by atoms with Crippen LogP contribution in [0.3, 0.4) is 0 Å². The number of esters is 1. The number of nitrogens with zero attached hydrogens (tertiary/aromatic N) is 1. The molecule has 0 unspecified atom stereocenters. The van der Waals surface area contributed by atoms with E-state index in [0.29, 0.717) is 22.6 Å². The van der Waals surface area contributed by atoms with Crippen molar-refractivity contribution in [2.45, 2.75) is 29.6 Å².